The molecule has 1 fully saturated rings. The van der Waals surface area contributed by atoms with Gasteiger partial charge in [-0.15, -0.1) is 0 Å². The molecule has 0 radical (unpaired) electrons. The lowest BCUT2D eigenvalue weighted by Gasteiger charge is -2.21. The zero-order valence-electron chi connectivity index (χ0n) is 11.1. The highest BCUT2D eigenvalue weighted by Crippen LogP contribution is 2.27. The number of carbonyl (C=O) groups is 1. The van der Waals surface area contributed by atoms with Crippen molar-refractivity contribution in [1.82, 2.24) is 5.32 Å². The fourth-order valence-electron chi connectivity index (χ4n) is 2.08. The number of thioether (sulfide) groups is 1. The Bertz CT molecular complexity index is 428. The van der Waals surface area contributed by atoms with Crippen LogP contribution in [-0.2, 0) is 11.3 Å². The molecule has 0 aromatic heterocycles. The SMILES string of the molecule is CC(=O)Nc1ccc(CNCC2(O)CCSC2)cc1. The fraction of sp³-hybridized carbons (Fsp3) is 0.500. The molecule has 2 rings (SSSR count). The van der Waals surface area contributed by atoms with Crippen LogP contribution in [0.4, 0.5) is 5.69 Å². The summed E-state index contributed by atoms with van der Waals surface area (Å²) in [5.74, 6) is 1.80. The van der Waals surface area contributed by atoms with Gasteiger partial charge < -0.3 is 15.7 Å². The largest absolute Gasteiger partial charge is 0.388 e. The molecule has 1 aromatic carbocycles. The van der Waals surface area contributed by atoms with E-state index >= 15 is 0 Å². The maximum atomic E-state index is 10.9. The summed E-state index contributed by atoms with van der Waals surface area (Å²) >= 11 is 1.80. The van der Waals surface area contributed by atoms with E-state index in [0.717, 1.165) is 35.7 Å². The Labute approximate surface area is 118 Å². The maximum absolute atomic E-state index is 10.9. The Morgan fingerprint density at radius 2 is 2.16 bits per heavy atom. The average Bonchev–Trinajstić information content (AvgIpc) is 2.78. The summed E-state index contributed by atoms with van der Waals surface area (Å²) in [4.78, 5) is 10.9. The molecule has 1 aliphatic heterocycles. The smallest absolute Gasteiger partial charge is 0.221 e. The topological polar surface area (TPSA) is 61.4 Å². The number of rotatable bonds is 5. The summed E-state index contributed by atoms with van der Waals surface area (Å²) in [5, 5.41) is 16.2. The molecular weight excluding hydrogens is 260 g/mol. The van der Waals surface area contributed by atoms with Crippen molar-refractivity contribution in [2.45, 2.75) is 25.5 Å². The monoisotopic (exact) mass is 280 g/mol. The van der Waals surface area contributed by atoms with Gasteiger partial charge in [-0.3, -0.25) is 4.79 Å². The normalized spacial score (nSPS) is 22.4. The third kappa shape index (κ3) is 4.53. The molecule has 1 unspecified atom stereocenters. The Balaban J connectivity index is 1.78. The fourth-order valence-corrected chi connectivity index (χ4v) is 3.38. The first kappa shape index (κ1) is 14.4. The van der Waals surface area contributed by atoms with Crippen molar-refractivity contribution in [1.29, 1.82) is 0 Å². The van der Waals surface area contributed by atoms with Gasteiger partial charge in [0.25, 0.3) is 0 Å². The zero-order valence-corrected chi connectivity index (χ0v) is 11.9. The van der Waals surface area contributed by atoms with Crippen molar-refractivity contribution < 1.29 is 9.90 Å². The molecular formula is C14H20N2O2S. The molecule has 19 heavy (non-hydrogen) atoms. The quantitative estimate of drug-likeness (QED) is 0.767. The molecule has 1 amide bonds. The first-order valence-electron chi connectivity index (χ1n) is 6.45. The lowest BCUT2D eigenvalue weighted by molar-refractivity contribution is -0.114. The summed E-state index contributed by atoms with van der Waals surface area (Å²) in [6.45, 7) is 2.86. The second kappa shape index (κ2) is 6.41. The standard InChI is InChI=1S/C14H20N2O2S/c1-11(17)16-13-4-2-12(3-5-13)8-15-9-14(18)6-7-19-10-14/h2-5,15,18H,6-10H2,1H3,(H,16,17). The minimum Gasteiger partial charge on any atom is -0.388 e. The average molecular weight is 280 g/mol. The van der Waals surface area contributed by atoms with E-state index < -0.39 is 5.60 Å². The number of nitrogens with one attached hydrogen (secondary N) is 2. The van der Waals surface area contributed by atoms with Crippen LogP contribution >= 0.6 is 11.8 Å². The van der Waals surface area contributed by atoms with Crippen LogP contribution < -0.4 is 10.6 Å². The molecule has 0 saturated carbocycles. The molecule has 0 bridgehead atoms. The minimum absolute atomic E-state index is 0.0631. The third-order valence-electron chi connectivity index (χ3n) is 3.14. The molecule has 1 atom stereocenters. The van der Waals surface area contributed by atoms with Gasteiger partial charge in [-0.1, -0.05) is 12.1 Å². The van der Waals surface area contributed by atoms with Crippen molar-refractivity contribution in [3.63, 3.8) is 0 Å². The number of benzene rings is 1. The summed E-state index contributed by atoms with van der Waals surface area (Å²) in [6.07, 6.45) is 0.867. The van der Waals surface area contributed by atoms with Crippen LogP contribution in [0.5, 0.6) is 0 Å². The first-order valence-corrected chi connectivity index (χ1v) is 7.60. The molecule has 5 heteroatoms. The molecule has 104 valence electrons. The number of hydrogen-bond donors (Lipinski definition) is 3. The summed E-state index contributed by atoms with van der Waals surface area (Å²) in [7, 11) is 0. The minimum atomic E-state index is -0.541. The lowest BCUT2D eigenvalue weighted by atomic mass is 10.0. The van der Waals surface area contributed by atoms with E-state index in [1.807, 2.05) is 24.3 Å². The molecule has 1 heterocycles. The van der Waals surface area contributed by atoms with E-state index in [4.69, 9.17) is 0 Å². The van der Waals surface area contributed by atoms with Crippen molar-refractivity contribution >= 4 is 23.4 Å². The number of aliphatic hydroxyl groups is 1. The number of amides is 1. The Morgan fingerprint density at radius 3 is 2.74 bits per heavy atom. The van der Waals surface area contributed by atoms with Crippen LogP contribution in [0.25, 0.3) is 0 Å². The van der Waals surface area contributed by atoms with Crippen LogP contribution in [0.3, 0.4) is 0 Å². The molecule has 1 aromatic rings. The molecule has 1 aliphatic rings. The van der Waals surface area contributed by atoms with E-state index in [1.165, 1.54) is 6.92 Å². The van der Waals surface area contributed by atoms with Gasteiger partial charge in [0, 0.05) is 31.5 Å². The second-order valence-electron chi connectivity index (χ2n) is 5.01. The highest BCUT2D eigenvalue weighted by molar-refractivity contribution is 7.99. The summed E-state index contributed by atoms with van der Waals surface area (Å²) in [5.41, 5.74) is 1.41. The molecule has 1 saturated heterocycles. The highest BCUT2D eigenvalue weighted by atomic mass is 32.2. The molecule has 4 nitrogen and oxygen atoms in total. The molecule has 3 N–H and O–H groups in total. The van der Waals surface area contributed by atoms with Gasteiger partial charge in [0.05, 0.1) is 5.60 Å². The number of anilines is 1. The Hall–Kier alpha value is -1.04. The van der Waals surface area contributed by atoms with Gasteiger partial charge >= 0.3 is 0 Å². The third-order valence-corrected chi connectivity index (χ3v) is 4.37. The zero-order chi connectivity index (χ0) is 13.7. The number of hydrogen-bond acceptors (Lipinski definition) is 4. The molecule has 0 spiro atoms. The van der Waals surface area contributed by atoms with Gasteiger partial charge in [-0.25, -0.2) is 0 Å². The van der Waals surface area contributed by atoms with Gasteiger partial charge in [0.1, 0.15) is 0 Å². The summed E-state index contributed by atoms with van der Waals surface area (Å²) < 4.78 is 0. The van der Waals surface area contributed by atoms with E-state index in [0.29, 0.717) is 6.54 Å². The van der Waals surface area contributed by atoms with Gasteiger partial charge in [0.2, 0.25) is 5.91 Å². The number of carbonyl (C=O) groups excluding carboxylic acids is 1. The summed E-state index contributed by atoms with van der Waals surface area (Å²) in [6, 6.07) is 7.73. The van der Waals surface area contributed by atoms with Crippen molar-refractivity contribution in [3.05, 3.63) is 29.8 Å². The molecule has 0 aliphatic carbocycles. The Morgan fingerprint density at radius 1 is 1.42 bits per heavy atom. The van der Waals surface area contributed by atoms with Gasteiger partial charge in [0.15, 0.2) is 0 Å². The highest BCUT2D eigenvalue weighted by Gasteiger charge is 2.30. The lowest BCUT2D eigenvalue weighted by Crippen LogP contribution is -2.40. The van der Waals surface area contributed by atoms with E-state index in [-0.39, 0.29) is 5.91 Å². The van der Waals surface area contributed by atoms with Crippen molar-refractivity contribution in [2.24, 2.45) is 0 Å². The van der Waals surface area contributed by atoms with Gasteiger partial charge in [-0.2, -0.15) is 11.8 Å². The van der Waals surface area contributed by atoms with Crippen molar-refractivity contribution in [3.8, 4) is 0 Å². The predicted molar refractivity (Wildman–Crippen MR) is 79.3 cm³/mol. The predicted octanol–water partition coefficient (Wildman–Crippen LogP) is 1.60. The van der Waals surface area contributed by atoms with Crippen LogP contribution in [0.2, 0.25) is 0 Å². The van der Waals surface area contributed by atoms with Gasteiger partial charge in [-0.05, 0) is 29.9 Å². The van der Waals surface area contributed by atoms with E-state index in [1.54, 1.807) is 11.8 Å². The Kier molecular flexibility index (Phi) is 4.85. The van der Waals surface area contributed by atoms with E-state index in [2.05, 4.69) is 10.6 Å². The van der Waals surface area contributed by atoms with Crippen LogP contribution in [0.15, 0.2) is 24.3 Å². The van der Waals surface area contributed by atoms with Crippen LogP contribution in [0.1, 0.15) is 18.9 Å². The van der Waals surface area contributed by atoms with Crippen LogP contribution in [-0.4, -0.2) is 34.7 Å². The van der Waals surface area contributed by atoms with Crippen molar-refractivity contribution in [2.75, 3.05) is 23.4 Å². The second-order valence-corrected chi connectivity index (χ2v) is 6.11. The van der Waals surface area contributed by atoms with Crippen LogP contribution in [0, 0.1) is 0 Å². The maximum Gasteiger partial charge on any atom is 0.221 e. The first-order chi connectivity index (χ1) is 9.07. The van der Waals surface area contributed by atoms with E-state index in [9.17, 15) is 9.90 Å².